The fraction of sp³-hybridized carbons (Fsp3) is 0.727. The number of aliphatic carboxylic acids is 1. The highest BCUT2D eigenvalue weighted by atomic mass is 16.4. The van der Waals surface area contributed by atoms with Crippen LogP contribution in [-0.2, 0) is 9.59 Å². The third-order valence-electron chi connectivity index (χ3n) is 2.71. The molecule has 0 saturated heterocycles. The fourth-order valence-electron chi connectivity index (χ4n) is 1.71. The number of carbonyl (C=O) groups excluding carboxylic acids is 2. The summed E-state index contributed by atoms with van der Waals surface area (Å²) in [6, 6.07) is -1.49. The second-order valence-corrected chi connectivity index (χ2v) is 4.44. The van der Waals surface area contributed by atoms with Crippen LogP contribution < -0.4 is 11.1 Å². The first-order chi connectivity index (χ1) is 8.45. The highest BCUT2D eigenvalue weighted by molar-refractivity contribution is 5.87. The third-order valence-corrected chi connectivity index (χ3v) is 2.71. The van der Waals surface area contributed by atoms with Crippen LogP contribution in [-0.4, -0.2) is 46.5 Å². The Bertz CT molecular complexity index is 341. The van der Waals surface area contributed by atoms with Crippen LogP contribution in [0.3, 0.4) is 0 Å². The zero-order valence-corrected chi connectivity index (χ0v) is 10.4. The zero-order chi connectivity index (χ0) is 13.7. The van der Waals surface area contributed by atoms with E-state index in [1.807, 2.05) is 6.92 Å². The van der Waals surface area contributed by atoms with Crippen molar-refractivity contribution < 1.29 is 19.5 Å². The Kier molecular flexibility index (Phi) is 4.94. The molecule has 0 aromatic rings. The summed E-state index contributed by atoms with van der Waals surface area (Å²) < 4.78 is 0. The number of nitrogens with two attached hydrogens (primary N) is 1. The maximum absolute atomic E-state index is 11.9. The van der Waals surface area contributed by atoms with Gasteiger partial charge in [-0.3, -0.25) is 4.79 Å². The van der Waals surface area contributed by atoms with Crippen molar-refractivity contribution in [1.82, 2.24) is 10.2 Å². The van der Waals surface area contributed by atoms with Crippen LogP contribution in [0.2, 0.25) is 0 Å². The molecule has 0 spiro atoms. The molecule has 1 saturated carbocycles. The van der Waals surface area contributed by atoms with Gasteiger partial charge < -0.3 is 21.1 Å². The van der Waals surface area contributed by atoms with E-state index in [4.69, 9.17) is 10.8 Å². The molecule has 0 aromatic heterocycles. The monoisotopic (exact) mass is 257 g/mol. The van der Waals surface area contributed by atoms with Gasteiger partial charge in [0.25, 0.3) is 0 Å². The standard InChI is InChI=1S/C11H19N3O4/c1-2-5-14(7-3-4-7)11(18)13-8(10(16)17)6-9(12)15/h7-8H,2-6H2,1H3,(H2,12,15)(H,13,18)(H,16,17)/t8-/m0/s1. The van der Waals surface area contributed by atoms with Crippen LogP contribution in [0.25, 0.3) is 0 Å². The third kappa shape index (κ3) is 4.23. The van der Waals surface area contributed by atoms with E-state index in [1.165, 1.54) is 0 Å². The van der Waals surface area contributed by atoms with E-state index in [9.17, 15) is 14.4 Å². The first-order valence-electron chi connectivity index (χ1n) is 6.04. The quantitative estimate of drug-likeness (QED) is 0.591. The Hall–Kier alpha value is -1.79. The smallest absolute Gasteiger partial charge is 0.326 e. The summed E-state index contributed by atoms with van der Waals surface area (Å²) in [6.07, 6.45) is 2.30. The predicted octanol–water partition coefficient (Wildman–Crippen LogP) is -0.101. The number of urea groups is 1. The molecule has 0 unspecified atom stereocenters. The molecule has 0 bridgehead atoms. The molecule has 1 rings (SSSR count). The van der Waals surface area contributed by atoms with Gasteiger partial charge in [0.15, 0.2) is 0 Å². The van der Waals surface area contributed by atoms with Gasteiger partial charge in [0, 0.05) is 12.6 Å². The van der Waals surface area contributed by atoms with Crippen molar-refractivity contribution in [2.45, 2.75) is 44.7 Å². The van der Waals surface area contributed by atoms with E-state index in [0.29, 0.717) is 6.54 Å². The second kappa shape index (κ2) is 6.23. The molecule has 3 amide bonds. The lowest BCUT2D eigenvalue weighted by Gasteiger charge is -2.24. The highest BCUT2D eigenvalue weighted by Crippen LogP contribution is 2.26. The summed E-state index contributed by atoms with van der Waals surface area (Å²) in [5.41, 5.74) is 4.95. The summed E-state index contributed by atoms with van der Waals surface area (Å²) in [5, 5.41) is 11.2. The summed E-state index contributed by atoms with van der Waals surface area (Å²) in [4.78, 5) is 35.2. The van der Waals surface area contributed by atoms with Crippen molar-refractivity contribution >= 4 is 17.9 Å². The number of carboxylic acids is 1. The Morgan fingerprint density at radius 3 is 2.44 bits per heavy atom. The van der Waals surface area contributed by atoms with E-state index >= 15 is 0 Å². The average molecular weight is 257 g/mol. The van der Waals surface area contributed by atoms with Gasteiger partial charge in [0.2, 0.25) is 5.91 Å². The molecule has 1 atom stereocenters. The molecule has 0 aliphatic heterocycles. The Labute approximate surface area is 105 Å². The lowest BCUT2D eigenvalue weighted by Crippen LogP contribution is -2.50. The maximum Gasteiger partial charge on any atom is 0.326 e. The molecule has 0 radical (unpaired) electrons. The molecular weight excluding hydrogens is 238 g/mol. The van der Waals surface area contributed by atoms with Crippen LogP contribution >= 0.6 is 0 Å². The van der Waals surface area contributed by atoms with Gasteiger partial charge >= 0.3 is 12.0 Å². The van der Waals surface area contributed by atoms with Crippen molar-refractivity contribution in [3.05, 3.63) is 0 Å². The number of amides is 3. The molecule has 1 aliphatic carbocycles. The number of carboxylic acid groups (broad SMARTS) is 1. The Balaban J connectivity index is 2.58. The van der Waals surface area contributed by atoms with Gasteiger partial charge in [-0.25, -0.2) is 9.59 Å². The van der Waals surface area contributed by atoms with Gasteiger partial charge in [-0.15, -0.1) is 0 Å². The molecule has 102 valence electrons. The number of hydrogen-bond donors (Lipinski definition) is 3. The molecule has 0 aromatic carbocycles. The summed E-state index contributed by atoms with van der Waals surface area (Å²) in [6.45, 7) is 2.53. The minimum atomic E-state index is -1.26. The average Bonchev–Trinajstić information content (AvgIpc) is 3.07. The van der Waals surface area contributed by atoms with Crippen molar-refractivity contribution in [2.75, 3.05) is 6.54 Å². The Morgan fingerprint density at radius 2 is 2.06 bits per heavy atom. The molecule has 7 heteroatoms. The van der Waals surface area contributed by atoms with Crippen LogP contribution in [0.4, 0.5) is 4.79 Å². The SMILES string of the molecule is CCCN(C(=O)N[C@@H](CC(N)=O)C(=O)O)C1CC1. The number of hydrogen-bond acceptors (Lipinski definition) is 3. The van der Waals surface area contributed by atoms with Gasteiger partial charge in [0.05, 0.1) is 6.42 Å². The minimum Gasteiger partial charge on any atom is -0.480 e. The van der Waals surface area contributed by atoms with Gasteiger partial charge in [-0.2, -0.15) is 0 Å². The summed E-state index contributed by atoms with van der Waals surface area (Å²) in [7, 11) is 0. The van der Waals surface area contributed by atoms with E-state index in [-0.39, 0.29) is 6.04 Å². The largest absolute Gasteiger partial charge is 0.480 e. The topological polar surface area (TPSA) is 113 Å². The number of carbonyl (C=O) groups is 3. The normalized spacial score (nSPS) is 15.8. The number of primary amides is 1. The Morgan fingerprint density at radius 1 is 1.44 bits per heavy atom. The minimum absolute atomic E-state index is 0.202. The summed E-state index contributed by atoms with van der Waals surface area (Å²) in [5.74, 6) is -2.01. The van der Waals surface area contributed by atoms with Crippen LogP contribution in [0.5, 0.6) is 0 Å². The predicted molar refractivity (Wildman–Crippen MR) is 63.8 cm³/mol. The number of nitrogens with zero attached hydrogens (tertiary/aromatic N) is 1. The molecule has 7 nitrogen and oxygen atoms in total. The van der Waals surface area contributed by atoms with E-state index in [2.05, 4.69) is 5.32 Å². The molecule has 0 heterocycles. The first kappa shape index (κ1) is 14.3. The maximum atomic E-state index is 11.9. The number of nitrogens with one attached hydrogen (secondary N) is 1. The van der Waals surface area contributed by atoms with Gasteiger partial charge in [-0.05, 0) is 19.3 Å². The lowest BCUT2D eigenvalue weighted by atomic mass is 10.2. The van der Waals surface area contributed by atoms with Crippen LogP contribution in [0, 0.1) is 0 Å². The molecule has 1 fully saturated rings. The van der Waals surface area contributed by atoms with Crippen molar-refractivity contribution in [3.8, 4) is 0 Å². The first-order valence-corrected chi connectivity index (χ1v) is 6.04. The van der Waals surface area contributed by atoms with Crippen LogP contribution in [0.15, 0.2) is 0 Å². The van der Waals surface area contributed by atoms with Gasteiger partial charge in [-0.1, -0.05) is 6.92 Å². The van der Waals surface area contributed by atoms with Gasteiger partial charge in [0.1, 0.15) is 6.04 Å². The molecule has 1 aliphatic rings. The van der Waals surface area contributed by atoms with Crippen LogP contribution in [0.1, 0.15) is 32.6 Å². The number of rotatable bonds is 7. The second-order valence-electron chi connectivity index (χ2n) is 4.44. The van der Waals surface area contributed by atoms with E-state index < -0.39 is 30.4 Å². The molecule has 4 N–H and O–H groups in total. The molecule has 18 heavy (non-hydrogen) atoms. The lowest BCUT2D eigenvalue weighted by molar-refractivity contribution is -0.141. The van der Waals surface area contributed by atoms with E-state index in [1.54, 1.807) is 4.90 Å². The van der Waals surface area contributed by atoms with Crippen molar-refractivity contribution in [2.24, 2.45) is 5.73 Å². The van der Waals surface area contributed by atoms with E-state index in [0.717, 1.165) is 19.3 Å². The van der Waals surface area contributed by atoms with Crippen molar-refractivity contribution in [1.29, 1.82) is 0 Å². The zero-order valence-electron chi connectivity index (χ0n) is 10.4. The fourth-order valence-corrected chi connectivity index (χ4v) is 1.71. The van der Waals surface area contributed by atoms with Crippen molar-refractivity contribution in [3.63, 3.8) is 0 Å². The highest BCUT2D eigenvalue weighted by Gasteiger charge is 2.33. The molecular formula is C11H19N3O4. The summed E-state index contributed by atoms with van der Waals surface area (Å²) >= 11 is 0.